The molecule has 1 aromatic heterocycles. The van der Waals surface area contributed by atoms with Crippen molar-refractivity contribution in [1.82, 2.24) is 14.6 Å². The predicted octanol–water partition coefficient (Wildman–Crippen LogP) is 7.57. The molecule has 2 aromatic rings. The van der Waals surface area contributed by atoms with Crippen molar-refractivity contribution in [3.8, 4) is 5.75 Å². The molecule has 0 spiro atoms. The maximum atomic E-state index is 16.6. The van der Waals surface area contributed by atoms with Crippen molar-refractivity contribution < 1.29 is 60.9 Å². The van der Waals surface area contributed by atoms with Crippen LogP contribution in [-0.2, 0) is 37.6 Å². The summed E-state index contributed by atoms with van der Waals surface area (Å²) in [6, 6.07) is 7.94. The minimum Gasteiger partial charge on any atom is -0.468 e. The third-order valence-corrected chi connectivity index (χ3v) is 10.3. The fourth-order valence-electron chi connectivity index (χ4n) is 5.06. The molecule has 1 saturated heterocycles. The van der Waals surface area contributed by atoms with E-state index in [-0.39, 0.29) is 18.1 Å². The maximum Gasteiger partial charge on any atom is 0.509 e. The summed E-state index contributed by atoms with van der Waals surface area (Å²) in [5.74, 6) is -1.14. The van der Waals surface area contributed by atoms with Crippen LogP contribution in [0.2, 0.25) is 0 Å². The number of ether oxygens (including phenoxy) is 5. The fraction of sp³-hybridized carbons (Fsp3) is 0.622. The van der Waals surface area contributed by atoms with E-state index in [4.69, 9.17) is 32.7 Å². The quantitative estimate of drug-likeness (QED) is 0.117. The summed E-state index contributed by atoms with van der Waals surface area (Å²) in [7, 11) is -3.31. The van der Waals surface area contributed by atoms with E-state index < -0.39 is 95.9 Å². The van der Waals surface area contributed by atoms with Gasteiger partial charge < -0.3 is 28.2 Å². The number of carbonyl (C=O) groups is 4. The number of anilines is 1. The number of para-hydroxylation sites is 1. The molecule has 2 amide bonds. The molecule has 2 heterocycles. The van der Waals surface area contributed by atoms with E-state index in [9.17, 15) is 28.5 Å². The first-order chi connectivity index (χ1) is 26.2. The van der Waals surface area contributed by atoms with Crippen molar-refractivity contribution in [2.24, 2.45) is 5.92 Å². The van der Waals surface area contributed by atoms with Crippen LogP contribution in [0.4, 0.5) is 24.6 Å². The smallest absolute Gasteiger partial charge is 0.468 e. The van der Waals surface area contributed by atoms with Crippen LogP contribution in [0.15, 0.2) is 47.4 Å². The van der Waals surface area contributed by atoms with Crippen molar-refractivity contribution >= 4 is 49.6 Å². The number of alkyl halides is 1. The number of esters is 1. The molecule has 1 unspecified atom stereocenters. The standard InChI is InChI=1S/C37H54FN4O13PS/c1-22(2)20-24(30(43)49-12)40-56(48,55-23-16-14-13-15-17-23)50-21-25-28(51-34(47)54-37(9,10)11)27(38)29(57-25)41-19-18-26(39-31(41)44)42(32(45)52-35(3,4)5)33(46)53-36(6,7)8/h13-19,22,24-25,27-29H,20-21H2,1-12H3,(H,40,48)/t24-,25+,27-,28+,29+,56?/m0/s1. The number of nitrogens with zero attached hydrogens (tertiary/aromatic N) is 3. The highest BCUT2D eigenvalue weighted by molar-refractivity contribution is 8.00. The second kappa shape index (κ2) is 19.0. The molecule has 57 heavy (non-hydrogen) atoms. The van der Waals surface area contributed by atoms with Crippen LogP contribution in [0.1, 0.15) is 88.0 Å². The lowest BCUT2D eigenvalue weighted by Gasteiger charge is -2.28. The van der Waals surface area contributed by atoms with E-state index in [2.05, 4.69) is 10.1 Å². The third-order valence-electron chi connectivity index (χ3n) is 7.24. The van der Waals surface area contributed by atoms with E-state index in [1.807, 2.05) is 13.8 Å². The van der Waals surface area contributed by atoms with Crippen molar-refractivity contribution in [2.75, 3.05) is 18.6 Å². The lowest BCUT2D eigenvalue weighted by molar-refractivity contribution is -0.143. The van der Waals surface area contributed by atoms with Gasteiger partial charge in [0.2, 0.25) is 0 Å². The van der Waals surface area contributed by atoms with Gasteiger partial charge in [-0.3, -0.25) is 13.9 Å². The molecule has 0 radical (unpaired) electrons. The van der Waals surface area contributed by atoms with Gasteiger partial charge in [0, 0.05) is 6.20 Å². The zero-order valence-electron chi connectivity index (χ0n) is 34.3. The van der Waals surface area contributed by atoms with Gasteiger partial charge in [-0.15, -0.1) is 11.8 Å². The van der Waals surface area contributed by atoms with Crippen molar-refractivity contribution in [2.45, 2.75) is 128 Å². The normalized spacial score (nSPS) is 20.2. The topological polar surface area (TPSA) is 200 Å². The highest BCUT2D eigenvalue weighted by Gasteiger charge is 2.50. The number of hydrogen-bond acceptors (Lipinski definition) is 15. The van der Waals surface area contributed by atoms with Gasteiger partial charge in [-0.2, -0.15) is 15.0 Å². The number of hydrogen-bond donors (Lipinski definition) is 1. The highest BCUT2D eigenvalue weighted by atomic mass is 32.2. The number of halogens is 1. The summed E-state index contributed by atoms with van der Waals surface area (Å²) >= 11 is 0.781. The summed E-state index contributed by atoms with van der Waals surface area (Å²) in [5.41, 5.74) is -4.21. The Balaban J connectivity index is 2.03. The first-order valence-corrected chi connectivity index (χ1v) is 20.6. The highest BCUT2D eigenvalue weighted by Crippen LogP contribution is 2.50. The Morgan fingerprint density at radius 1 is 0.930 bits per heavy atom. The van der Waals surface area contributed by atoms with Crippen LogP contribution < -0.4 is 20.2 Å². The molecule has 1 aliphatic heterocycles. The number of nitrogens with one attached hydrogen (secondary N) is 1. The predicted molar refractivity (Wildman–Crippen MR) is 209 cm³/mol. The zero-order valence-corrected chi connectivity index (χ0v) is 36.0. The maximum absolute atomic E-state index is 16.6. The Kier molecular flexibility index (Phi) is 15.8. The lowest BCUT2D eigenvalue weighted by atomic mass is 10.1. The summed E-state index contributed by atoms with van der Waals surface area (Å²) in [6.45, 7) is 17.3. The van der Waals surface area contributed by atoms with E-state index in [0.717, 1.165) is 28.6 Å². The van der Waals surface area contributed by atoms with Crippen molar-refractivity contribution in [1.29, 1.82) is 0 Å². The van der Waals surface area contributed by atoms with E-state index in [1.165, 1.54) is 19.2 Å². The summed E-state index contributed by atoms with van der Waals surface area (Å²) in [6.07, 6.45) is -6.08. The molecule has 6 atom stereocenters. The van der Waals surface area contributed by atoms with Gasteiger partial charge in [0.25, 0.3) is 0 Å². The van der Waals surface area contributed by atoms with Crippen LogP contribution in [0.3, 0.4) is 0 Å². The van der Waals surface area contributed by atoms with Gasteiger partial charge in [0.05, 0.1) is 19.0 Å². The molecule has 1 fully saturated rings. The first-order valence-electron chi connectivity index (χ1n) is 18.1. The van der Waals surface area contributed by atoms with Gasteiger partial charge in [0.15, 0.2) is 18.1 Å². The number of methoxy groups -OCH3 is 1. The Bertz CT molecular complexity index is 1800. The molecule has 0 saturated carbocycles. The number of amides is 2. The Morgan fingerprint density at radius 2 is 1.49 bits per heavy atom. The second-order valence-corrected chi connectivity index (χ2v) is 19.4. The number of imide groups is 1. The molecular weight excluding hydrogens is 790 g/mol. The Morgan fingerprint density at radius 3 is 1.98 bits per heavy atom. The number of benzene rings is 1. The second-order valence-electron chi connectivity index (χ2n) is 16.4. The number of rotatable bonds is 13. The van der Waals surface area contributed by atoms with Crippen LogP contribution in [0.25, 0.3) is 0 Å². The fourth-order valence-corrected chi connectivity index (χ4v) is 8.16. The number of aromatic nitrogens is 2. The first kappa shape index (κ1) is 47.2. The molecule has 3 rings (SSSR count). The summed E-state index contributed by atoms with van der Waals surface area (Å²) in [5, 5.41) is 0.0453. The van der Waals surface area contributed by atoms with Gasteiger partial charge in [-0.1, -0.05) is 32.0 Å². The van der Waals surface area contributed by atoms with Crippen LogP contribution in [0.5, 0.6) is 5.75 Å². The molecule has 1 N–H and O–H groups in total. The lowest BCUT2D eigenvalue weighted by Crippen LogP contribution is -2.45. The molecule has 20 heteroatoms. The van der Waals surface area contributed by atoms with E-state index in [0.29, 0.717) is 4.90 Å². The zero-order chi connectivity index (χ0) is 43.1. The largest absolute Gasteiger partial charge is 0.509 e. The Hall–Kier alpha value is -4.19. The van der Waals surface area contributed by atoms with E-state index >= 15 is 4.39 Å². The van der Waals surface area contributed by atoms with Crippen molar-refractivity contribution in [3.05, 3.63) is 53.1 Å². The SMILES string of the molecule is COC(=O)[C@H](CC(C)C)NP(=O)(OC[C@H]1S[C@@H](n2ccc(N(C(=O)OC(C)(C)C)C(=O)OC(C)(C)C)nc2=O)[C@@H](F)[C@@H]1OC(=O)OC(C)(C)C)Oc1ccccc1. The number of thioether (sulfide) groups is 1. The third kappa shape index (κ3) is 14.6. The van der Waals surface area contributed by atoms with Crippen LogP contribution in [0, 0.1) is 5.92 Å². The molecule has 0 bridgehead atoms. The van der Waals surface area contributed by atoms with Gasteiger partial charge in [-0.05, 0) is 92.9 Å². The average molecular weight is 845 g/mol. The molecule has 17 nitrogen and oxygen atoms in total. The van der Waals surface area contributed by atoms with Gasteiger partial charge >= 0.3 is 37.7 Å². The van der Waals surface area contributed by atoms with E-state index in [1.54, 1.807) is 80.5 Å². The van der Waals surface area contributed by atoms with Gasteiger partial charge in [0.1, 0.15) is 34.0 Å². The minimum absolute atomic E-state index is 0.0597. The molecule has 0 aliphatic carbocycles. The summed E-state index contributed by atoms with van der Waals surface area (Å²) in [4.78, 5) is 69.9. The van der Waals surface area contributed by atoms with Crippen LogP contribution >= 0.6 is 19.5 Å². The average Bonchev–Trinajstić information content (AvgIpc) is 3.34. The monoisotopic (exact) mass is 844 g/mol. The Labute approximate surface area is 336 Å². The van der Waals surface area contributed by atoms with Gasteiger partial charge in [-0.25, -0.2) is 28.1 Å². The van der Waals surface area contributed by atoms with Crippen LogP contribution in [-0.4, -0.2) is 87.9 Å². The molecule has 1 aliphatic rings. The minimum atomic E-state index is -4.49. The molecule has 318 valence electrons. The molecular formula is C37H54FN4O13PS. The van der Waals surface area contributed by atoms with Crippen molar-refractivity contribution in [3.63, 3.8) is 0 Å². The molecule has 1 aromatic carbocycles. The number of carbonyl (C=O) groups excluding carboxylic acids is 4. The summed E-state index contributed by atoms with van der Waals surface area (Å²) < 4.78 is 69.9.